The lowest BCUT2D eigenvalue weighted by Gasteiger charge is -2.44. The van der Waals surface area contributed by atoms with Crippen molar-refractivity contribution < 1.29 is 4.79 Å². The van der Waals surface area contributed by atoms with E-state index in [0.29, 0.717) is 5.78 Å². The van der Waals surface area contributed by atoms with Crippen LogP contribution in [0.1, 0.15) is 38.2 Å². The van der Waals surface area contributed by atoms with Gasteiger partial charge in [0.2, 0.25) is 0 Å². The third-order valence-corrected chi connectivity index (χ3v) is 4.15. The van der Waals surface area contributed by atoms with Gasteiger partial charge in [-0.15, -0.1) is 0 Å². The Kier molecular flexibility index (Phi) is 3.63. The SMILES string of the molecule is CCN(C)C1(c2ccccc2)CCC(=O)CC1. The molecule has 0 bridgehead atoms. The summed E-state index contributed by atoms with van der Waals surface area (Å²) in [6.45, 7) is 3.20. The van der Waals surface area contributed by atoms with Crippen LogP contribution in [-0.4, -0.2) is 24.3 Å². The number of benzene rings is 1. The third kappa shape index (κ3) is 2.27. The lowest BCUT2D eigenvalue weighted by Crippen LogP contribution is -2.46. The van der Waals surface area contributed by atoms with E-state index in [9.17, 15) is 4.79 Å². The van der Waals surface area contributed by atoms with Crippen LogP contribution in [0.2, 0.25) is 0 Å². The Labute approximate surface area is 104 Å². The summed E-state index contributed by atoms with van der Waals surface area (Å²) in [6, 6.07) is 10.6. The minimum Gasteiger partial charge on any atom is -0.300 e. The van der Waals surface area contributed by atoms with Crippen molar-refractivity contribution in [3.63, 3.8) is 0 Å². The van der Waals surface area contributed by atoms with E-state index in [0.717, 1.165) is 32.2 Å². The van der Waals surface area contributed by atoms with Gasteiger partial charge in [-0.05, 0) is 32.0 Å². The number of carbonyl (C=O) groups excluding carboxylic acids is 1. The van der Waals surface area contributed by atoms with E-state index < -0.39 is 0 Å². The first-order valence-electron chi connectivity index (χ1n) is 6.47. The van der Waals surface area contributed by atoms with Crippen LogP contribution in [0.25, 0.3) is 0 Å². The molecule has 0 saturated heterocycles. The molecule has 1 saturated carbocycles. The van der Waals surface area contributed by atoms with Gasteiger partial charge >= 0.3 is 0 Å². The van der Waals surface area contributed by atoms with Crippen LogP contribution in [0, 0.1) is 0 Å². The highest BCUT2D eigenvalue weighted by Gasteiger charge is 2.38. The molecule has 0 unspecified atom stereocenters. The Hall–Kier alpha value is -1.15. The van der Waals surface area contributed by atoms with Gasteiger partial charge in [-0.1, -0.05) is 37.3 Å². The van der Waals surface area contributed by atoms with E-state index in [1.165, 1.54) is 5.56 Å². The number of nitrogens with zero attached hydrogens (tertiary/aromatic N) is 1. The van der Waals surface area contributed by atoms with E-state index in [1.807, 2.05) is 0 Å². The highest BCUT2D eigenvalue weighted by atomic mass is 16.1. The highest BCUT2D eigenvalue weighted by Crippen LogP contribution is 2.40. The zero-order chi connectivity index (χ0) is 12.3. The molecule has 1 aromatic carbocycles. The van der Waals surface area contributed by atoms with Crippen LogP contribution < -0.4 is 0 Å². The Bertz CT molecular complexity index is 375. The molecule has 2 heteroatoms. The average Bonchev–Trinajstić information content (AvgIpc) is 2.40. The monoisotopic (exact) mass is 231 g/mol. The van der Waals surface area contributed by atoms with Crippen molar-refractivity contribution in [2.75, 3.05) is 13.6 Å². The molecule has 1 aliphatic rings. The normalized spacial score (nSPS) is 19.6. The molecule has 2 nitrogen and oxygen atoms in total. The molecule has 92 valence electrons. The van der Waals surface area contributed by atoms with Gasteiger partial charge in [-0.2, -0.15) is 0 Å². The predicted molar refractivity (Wildman–Crippen MR) is 69.9 cm³/mol. The molecular formula is C15H21NO. The molecule has 0 amide bonds. The smallest absolute Gasteiger partial charge is 0.133 e. The quantitative estimate of drug-likeness (QED) is 0.797. The molecule has 1 aromatic rings. The van der Waals surface area contributed by atoms with E-state index in [-0.39, 0.29) is 5.54 Å². The van der Waals surface area contributed by atoms with Gasteiger partial charge in [-0.3, -0.25) is 9.69 Å². The second-order valence-electron chi connectivity index (χ2n) is 4.95. The number of rotatable bonds is 3. The Morgan fingerprint density at radius 2 is 1.76 bits per heavy atom. The van der Waals surface area contributed by atoms with Gasteiger partial charge in [0.15, 0.2) is 0 Å². The number of Topliss-reactive ketones (excluding diaryl/α,β-unsaturated/α-hetero) is 1. The summed E-state index contributed by atoms with van der Waals surface area (Å²) < 4.78 is 0. The zero-order valence-electron chi connectivity index (χ0n) is 10.8. The molecule has 0 N–H and O–H groups in total. The molecule has 0 radical (unpaired) electrons. The fourth-order valence-corrected chi connectivity index (χ4v) is 2.88. The minimum atomic E-state index is 0.0733. The van der Waals surface area contributed by atoms with Crippen LogP contribution in [0.3, 0.4) is 0 Å². The van der Waals surface area contributed by atoms with Crippen LogP contribution in [0.5, 0.6) is 0 Å². The summed E-state index contributed by atoms with van der Waals surface area (Å²) in [5, 5.41) is 0. The van der Waals surface area contributed by atoms with Crippen LogP contribution >= 0.6 is 0 Å². The summed E-state index contributed by atoms with van der Waals surface area (Å²) >= 11 is 0. The van der Waals surface area contributed by atoms with Crippen molar-refractivity contribution in [3.8, 4) is 0 Å². The largest absolute Gasteiger partial charge is 0.300 e. The third-order valence-electron chi connectivity index (χ3n) is 4.15. The van der Waals surface area contributed by atoms with Crippen LogP contribution in [0.4, 0.5) is 0 Å². The molecule has 0 atom stereocenters. The average molecular weight is 231 g/mol. The standard InChI is InChI=1S/C15H21NO/c1-3-16(2)15(11-9-14(17)10-12-15)13-7-5-4-6-8-13/h4-8H,3,9-12H2,1-2H3. The van der Waals surface area contributed by atoms with E-state index in [2.05, 4.69) is 49.2 Å². The topological polar surface area (TPSA) is 20.3 Å². The van der Waals surface area contributed by atoms with Crippen molar-refractivity contribution in [2.45, 2.75) is 38.1 Å². The number of carbonyl (C=O) groups is 1. The highest BCUT2D eigenvalue weighted by molar-refractivity contribution is 5.79. The number of ketones is 1. The molecular weight excluding hydrogens is 210 g/mol. The minimum absolute atomic E-state index is 0.0733. The first-order chi connectivity index (χ1) is 8.19. The summed E-state index contributed by atoms with van der Waals surface area (Å²) in [4.78, 5) is 13.9. The molecule has 17 heavy (non-hydrogen) atoms. The predicted octanol–water partition coefficient (Wildman–Crippen LogP) is 2.98. The maximum atomic E-state index is 11.5. The van der Waals surface area contributed by atoms with Crippen molar-refractivity contribution in [1.82, 2.24) is 4.90 Å². The summed E-state index contributed by atoms with van der Waals surface area (Å²) in [7, 11) is 2.17. The van der Waals surface area contributed by atoms with Crippen LogP contribution in [-0.2, 0) is 10.3 Å². The molecule has 2 rings (SSSR count). The van der Waals surface area contributed by atoms with Gasteiger partial charge in [-0.25, -0.2) is 0 Å². The molecule has 1 fully saturated rings. The van der Waals surface area contributed by atoms with E-state index in [4.69, 9.17) is 0 Å². The van der Waals surface area contributed by atoms with Crippen molar-refractivity contribution in [1.29, 1.82) is 0 Å². The van der Waals surface area contributed by atoms with Gasteiger partial charge < -0.3 is 0 Å². The molecule has 0 spiro atoms. The lowest BCUT2D eigenvalue weighted by molar-refractivity contribution is -0.123. The van der Waals surface area contributed by atoms with Crippen molar-refractivity contribution in [3.05, 3.63) is 35.9 Å². The maximum Gasteiger partial charge on any atom is 0.133 e. The van der Waals surface area contributed by atoms with E-state index in [1.54, 1.807) is 0 Å². The summed E-state index contributed by atoms with van der Waals surface area (Å²) in [6.07, 6.45) is 3.36. The summed E-state index contributed by atoms with van der Waals surface area (Å²) in [5.74, 6) is 0.418. The molecule has 1 aliphatic carbocycles. The molecule has 0 aromatic heterocycles. The number of hydrogen-bond acceptors (Lipinski definition) is 2. The Morgan fingerprint density at radius 1 is 1.18 bits per heavy atom. The second-order valence-corrected chi connectivity index (χ2v) is 4.95. The first-order valence-corrected chi connectivity index (χ1v) is 6.47. The molecule has 0 heterocycles. The van der Waals surface area contributed by atoms with Gasteiger partial charge in [0.05, 0.1) is 0 Å². The van der Waals surface area contributed by atoms with Gasteiger partial charge in [0, 0.05) is 18.4 Å². The Morgan fingerprint density at radius 3 is 2.29 bits per heavy atom. The van der Waals surface area contributed by atoms with Crippen molar-refractivity contribution in [2.24, 2.45) is 0 Å². The number of hydrogen-bond donors (Lipinski definition) is 0. The van der Waals surface area contributed by atoms with Gasteiger partial charge in [0.1, 0.15) is 5.78 Å². The van der Waals surface area contributed by atoms with Crippen LogP contribution in [0.15, 0.2) is 30.3 Å². The first kappa shape index (κ1) is 12.3. The summed E-state index contributed by atoms with van der Waals surface area (Å²) in [5.41, 5.74) is 1.43. The fraction of sp³-hybridized carbons (Fsp3) is 0.533. The molecule has 0 aliphatic heterocycles. The fourth-order valence-electron chi connectivity index (χ4n) is 2.88. The van der Waals surface area contributed by atoms with Gasteiger partial charge in [0.25, 0.3) is 0 Å². The lowest BCUT2D eigenvalue weighted by atomic mass is 9.75. The second kappa shape index (κ2) is 5.01. The zero-order valence-corrected chi connectivity index (χ0v) is 10.8. The van der Waals surface area contributed by atoms with Crippen molar-refractivity contribution >= 4 is 5.78 Å². The van der Waals surface area contributed by atoms with E-state index >= 15 is 0 Å². The Balaban J connectivity index is 2.34. The maximum absolute atomic E-state index is 11.5.